The highest BCUT2D eigenvalue weighted by Gasteiger charge is 2.42. The zero-order chi connectivity index (χ0) is 24.6. The number of benzene rings is 2. The van der Waals surface area contributed by atoms with E-state index in [1.165, 1.54) is 36.5 Å². The SMILES string of the molecule is N/C(=C\N(N)c1ccc(-n2nc(C(F)(F)F)cc2C(F)(F)F)cc1)c1cccc(C(=O)O)c1. The standard InChI is InChI=1S/C20H15F6N5O2/c21-19(22,23)16-9-17(20(24,25)26)31(29-16)14-6-4-13(5-7-14)30(28)10-15(27)11-2-1-3-12(8-11)18(32)33/h1-10H,27-28H2,(H,32,33)/b15-10-. The number of hydrazine groups is 1. The lowest BCUT2D eigenvalue weighted by atomic mass is 10.1. The van der Waals surface area contributed by atoms with E-state index in [9.17, 15) is 31.1 Å². The Morgan fingerprint density at radius 2 is 1.58 bits per heavy atom. The van der Waals surface area contributed by atoms with Crippen molar-refractivity contribution in [3.63, 3.8) is 0 Å². The molecule has 1 aromatic heterocycles. The van der Waals surface area contributed by atoms with Crippen LogP contribution in [-0.4, -0.2) is 20.9 Å². The molecule has 0 amide bonds. The highest BCUT2D eigenvalue weighted by Crippen LogP contribution is 2.36. The molecule has 0 radical (unpaired) electrons. The van der Waals surface area contributed by atoms with E-state index >= 15 is 0 Å². The molecule has 0 fully saturated rings. The summed E-state index contributed by atoms with van der Waals surface area (Å²) in [6, 6.07) is 10.4. The van der Waals surface area contributed by atoms with E-state index in [2.05, 4.69) is 5.10 Å². The van der Waals surface area contributed by atoms with Gasteiger partial charge in [-0.15, -0.1) is 0 Å². The summed E-state index contributed by atoms with van der Waals surface area (Å²) >= 11 is 0. The first-order valence-corrected chi connectivity index (χ1v) is 8.97. The van der Waals surface area contributed by atoms with Gasteiger partial charge in [0.15, 0.2) is 5.69 Å². The Kier molecular flexibility index (Phi) is 6.09. The second-order valence-corrected chi connectivity index (χ2v) is 6.72. The van der Waals surface area contributed by atoms with Gasteiger partial charge in [-0.05, 0) is 42.0 Å². The molecule has 0 atom stereocenters. The minimum atomic E-state index is -5.07. The number of hydrogen-bond donors (Lipinski definition) is 3. The summed E-state index contributed by atoms with van der Waals surface area (Å²) in [5, 5.41) is 13.1. The fourth-order valence-electron chi connectivity index (χ4n) is 2.82. The summed E-state index contributed by atoms with van der Waals surface area (Å²) in [5.41, 5.74) is 3.06. The van der Waals surface area contributed by atoms with Crippen LogP contribution in [0, 0.1) is 0 Å². The number of halogens is 6. The molecule has 0 aliphatic carbocycles. The van der Waals surface area contributed by atoms with E-state index in [1.807, 2.05) is 0 Å². The first-order valence-electron chi connectivity index (χ1n) is 8.97. The normalized spacial score (nSPS) is 12.6. The number of nitrogens with two attached hydrogens (primary N) is 2. The van der Waals surface area contributed by atoms with E-state index in [0.717, 1.165) is 17.1 Å². The fraction of sp³-hybridized carbons (Fsp3) is 0.100. The molecular weight excluding hydrogens is 456 g/mol. The van der Waals surface area contributed by atoms with Crippen LogP contribution in [0.3, 0.4) is 0 Å². The van der Waals surface area contributed by atoms with Gasteiger partial charge < -0.3 is 10.8 Å². The summed E-state index contributed by atoms with van der Waals surface area (Å²) in [5.74, 6) is 4.73. The van der Waals surface area contributed by atoms with E-state index < -0.39 is 29.7 Å². The van der Waals surface area contributed by atoms with Crippen molar-refractivity contribution in [3.05, 3.63) is 83.3 Å². The molecule has 0 aliphatic rings. The number of nitrogens with zero attached hydrogens (tertiary/aromatic N) is 3. The van der Waals surface area contributed by atoms with Crippen LogP contribution in [-0.2, 0) is 12.4 Å². The fourth-order valence-corrected chi connectivity index (χ4v) is 2.82. The number of alkyl halides is 6. The van der Waals surface area contributed by atoms with Crippen molar-refractivity contribution in [1.82, 2.24) is 9.78 Å². The molecule has 0 spiro atoms. The average molecular weight is 471 g/mol. The number of carboxylic acid groups (broad SMARTS) is 1. The Bertz CT molecular complexity index is 1200. The minimum Gasteiger partial charge on any atom is -0.478 e. The van der Waals surface area contributed by atoms with Crippen molar-refractivity contribution in [2.75, 3.05) is 5.01 Å². The van der Waals surface area contributed by atoms with Crippen molar-refractivity contribution >= 4 is 17.4 Å². The third-order valence-electron chi connectivity index (χ3n) is 4.40. The van der Waals surface area contributed by atoms with Crippen molar-refractivity contribution in [1.29, 1.82) is 0 Å². The molecule has 0 unspecified atom stereocenters. The zero-order valence-electron chi connectivity index (χ0n) is 16.4. The topological polar surface area (TPSA) is 110 Å². The molecule has 2 aromatic carbocycles. The van der Waals surface area contributed by atoms with E-state index in [0.29, 0.717) is 5.56 Å². The van der Waals surface area contributed by atoms with Crippen LogP contribution >= 0.6 is 0 Å². The van der Waals surface area contributed by atoms with Gasteiger partial charge in [-0.25, -0.2) is 15.3 Å². The molecule has 0 bridgehead atoms. The minimum absolute atomic E-state index is 0.00491. The predicted molar refractivity (Wildman–Crippen MR) is 106 cm³/mol. The maximum Gasteiger partial charge on any atom is 0.435 e. The van der Waals surface area contributed by atoms with Gasteiger partial charge in [-0.3, -0.25) is 5.01 Å². The number of rotatable bonds is 5. The Balaban J connectivity index is 1.90. The van der Waals surface area contributed by atoms with Crippen molar-refractivity contribution in [3.8, 4) is 5.69 Å². The van der Waals surface area contributed by atoms with Crippen LogP contribution in [0.15, 0.2) is 60.8 Å². The number of aromatic nitrogens is 2. The first kappa shape index (κ1) is 23.7. The molecule has 33 heavy (non-hydrogen) atoms. The number of aromatic carboxylic acids is 1. The average Bonchev–Trinajstić information content (AvgIpc) is 3.20. The smallest absolute Gasteiger partial charge is 0.435 e. The predicted octanol–water partition coefficient (Wildman–Crippen LogP) is 4.25. The molecule has 0 saturated heterocycles. The van der Waals surface area contributed by atoms with Crippen LogP contribution in [0.4, 0.5) is 32.0 Å². The lowest BCUT2D eigenvalue weighted by Gasteiger charge is -2.16. The second kappa shape index (κ2) is 8.50. The monoisotopic (exact) mass is 471 g/mol. The molecule has 0 saturated carbocycles. The number of carbonyl (C=O) groups is 1. The molecule has 3 rings (SSSR count). The third kappa shape index (κ3) is 5.26. The summed E-state index contributed by atoms with van der Waals surface area (Å²) in [7, 11) is 0. The molecule has 0 aliphatic heterocycles. The highest BCUT2D eigenvalue weighted by atomic mass is 19.4. The van der Waals surface area contributed by atoms with E-state index in [4.69, 9.17) is 16.7 Å². The summed E-state index contributed by atoms with van der Waals surface area (Å²) in [4.78, 5) is 11.1. The maximum absolute atomic E-state index is 13.2. The Labute approximate surface area is 182 Å². The Hall–Kier alpha value is -4.00. The molecule has 1 heterocycles. The van der Waals surface area contributed by atoms with Gasteiger partial charge in [-0.2, -0.15) is 31.4 Å². The van der Waals surface area contributed by atoms with Crippen LogP contribution in [0.1, 0.15) is 27.3 Å². The van der Waals surface area contributed by atoms with Gasteiger partial charge in [0.2, 0.25) is 0 Å². The maximum atomic E-state index is 13.2. The van der Waals surface area contributed by atoms with Gasteiger partial charge >= 0.3 is 18.3 Å². The van der Waals surface area contributed by atoms with Gasteiger partial charge in [0, 0.05) is 12.3 Å². The van der Waals surface area contributed by atoms with Gasteiger partial charge in [-0.1, -0.05) is 12.1 Å². The zero-order valence-corrected chi connectivity index (χ0v) is 16.4. The lowest BCUT2D eigenvalue weighted by molar-refractivity contribution is -0.143. The molecular formula is C20H15F6N5O2. The Morgan fingerprint density at radius 1 is 0.970 bits per heavy atom. The van der Waals surface area contributed by atoms with Gasteiger partial charge in [0.1, 0.15) is 5.69 Å². The van der Waals surface area contributed by atoms with Gasteiger partial charge in [0.05, 0.1) is 22.6 Å². The molecule has 5 N–H and O–H groups in total. The molecule has 3 aromatic rings. The highest BCUT2D eigenvalue weighted by molar-refractivity contribution is 5.88. The van der Waals surface area contributed by atoms with Crippen LogP contribution in [0.2, 0.25) is 0 Å². The summed E-state index contributed by atoms with van der Waals surface area (Å²) in [6.07, 6.45) is -8.89. The summed E-state index contributed by atoms with van der Waals surface area (Å²) in [6.45, 7) is 0. The largest absolute Gasteiger partial charge is 0.478 e. The third-order valence-corrected chi connectivity index (χ3v) is 4.40. The van der Waals surface area contributed by atoms with Crippen molar-refractivity contribution < 1.29 is 36.2 Å². The quantitative estimate of drug-likeness (QED) is 0.292. The van der Waals surface area contributed by atoms with Crippen LogP contribution in [0.5, 0.6) is 0 Å². The first-order chi connectivity index (χ1) is 15.3. The number of carboxylic acids is 1. The van der Waals surface area contributed by atoms with E-state index in [1.54, 1.807) is 6.07 Å². The van der Waals surface area contributed by atoms with Crippen molar-refractivity contribution in [2.45, 2.75) is 12.4 Å². The van der Waals surface area contributed by atoms with Crippen LogP contribution in [0.25, 0.3) is 11.4 Å². The van der Waals surface area contributed by atoms with Crippen molar-refractivity contribution in [2.24, 2.45) is 11.6 Å². The van der Waals surface area contributed by atoms with Gasteiger partial charge in [0.25, 0.3) is 0 Å². The van der Waals surface area contributed by atoms with E-state index in [-0.39, 0.29) is 33.4 Å². The number of hydrogen-bond acceptors (Lipinski definition) is 5. The summed E-state index contributed by atoms with van der Waals surface area (Å²) < 4.78 is 78.4. The lowest BCUT2D eigenvalue weighted by Crippen LogP contribution is -2.25. The molecule has 7 nitrogen and oxygen atoms in total. The van der Waals surface area contributed by atoms with Crippen LogP contribution < -0.4 is 16.6 Å². The second-order valence-electron chi connectivity index (χ2n) is 6.72. The molecule has 174 valence electrons. The molecule has 13 heteroatoms. The Morgan fingerprint density at radius 3 is 2.12 bits per heavy atom. The number of anilines is 1.